The molecule has 0 unspecified atom stereocenters. The second-order valence-corrected chi connectivity index (χ2v) is 8.74. The Morgan fingerprint density at radius 3 is 2.47 bits per heavy atom. The minimum atomic E-state index is -0.745. The second kappa shape index (κ2) is 11.8. The van der Waals surface area contributed by atoms with E-state index in [-0.39, 0.29) is 54.9 Å². The van der Waals surface area contributed by atoms with E-state index in [1.54, 1.807) is 18.2 Å². The molecule has 0 saturated heterocycles. The molecule has 3 rings (SSSR count). The molecule has 0 bridgehead atoms. The highest BCUT2D eigenvalue weighted by Gasteiger charge is 2.24. The predicted molar refractivity (Wildman–Crippen MR) is 139 cm³/mol. The summed E-state index contributed by atoms with van der Waals surface area (Å²) in [6, 6.07) is 15.3. The van der Waals surface area contributed by atoms with Gasteiger partial charge in [-0.2, -0.15) is 0 Å². The van der Waals surface area contributed by atoms with Crippen molar-refractivity contribution in [2.75, 3.05) is 29.0 Å². The zero-order chi connectivity index (χ0) is 26.2. The number of rotatable bonds is 11. The number of benzene rings is 2. The monoisotopic (exact) mass is 494 g/mol. The molecule has 190 valence electrons. The quantitative estimate of drug-likeness (QED) is 0.273. The summed E-state index contributed by atoms with van der Waals surface area (Å²) < 4.78 is 1.23. The summed E-state index contributed by atoms with van der Waals surface area (Å²) in [6.07, 6.45) is 0.543. The lowest BCUT2D eigenvalue weighted by Gasteiger charge is -2.25. The number of hydrogen-bond donors (Lipinski definition) is 3. The lowest BCUT2D eigenvalue weighted by molar-refractivity contribution is -0.384. The molecule has 2 aromatic carbocycles. The maximum absolute atomic E-state index is 13.3. The predicted octanol–water partition coefficient (Wildman–Crippen LogP) is 2.96. The van der Waals surface area contributed by atoms with Crippen LogP contribution < -0.4 is 27.2 Å². The van der Waals surface area contributed by atoms with Crippen LogP contribution in [0.25, 0.3) is 0 Å². The molecule has 1 heterocycles. The Morgan fingerprint density at radius 2 is 1.81 bits per heavy atom. The van der Waals surface area contributed by atoms with E-state index >= 15 is 0 Å². The number of nitro benzene ring substituents is 1. The molecule has 3 aromatic rings. The number of aromatic amines is 1. The van der Waals surface area contributed by atoms with Crippen LogP contribution in [0.4, 0.5) is 22.9 Å². The first-order valence-corrected chi connectivity index (χ1v) is 11.6. The highest BCUT2D eigenvalue weighted by Crippen LogP contribution is 2.24. The van der Waals surface area contributed by atoms with Crippen LogP contribution in [0, 0.1) is 16.0 Å². The molecule has 1 amide bonds. The van der Waals surface area contributed by atoms with Gasteiger partial charge in [-0.1, -0.05) is 56.3 Å². The topological polar surface area (TPSA) is 156 Å². The van der Waals surface area contributed by atoms with Crippen molar-refractivity contribution in [2.45, 2.75) is 33.2 Å². The fraction of sp³-hybridized carbons (Fsp3) is 0.320. The third-order valence-corrected chi connectivity index (χ3v) is 5.65. The van der Waals surface area contributed by atoms with Gasteiger partial charge in [0.05, 0.1) is 11.5 Å². The van der Waals surface area contributed by atoms with Gasteiger partial charge in [0.1, 0.15) is 11.5 Å². The van der Waals surface area contributed by atoms with Crippen molar-refractivity contribution in [3.63, 3.8) is 0 Å². The molecule has 0 spiro atoms. The second-order valence-electron chi connectivity index (χ2n) is 8.74. The number of nitrogens with zero attached hydrogens (tertiary/aromatic N) is 3. The third kappa shape index (κ3) is 6.38. The standard InChI is InChI=1S/C25H30N6O5/c1-17(2)13-15-29(21(32)12-14-27-19-10-6-7-11-20(19)31(35)36)22-23(26)30(25(34)28-24(22)33)16-18-8-4-3-5-9-18/h3-11,17,27H,12-16,26H2,1-2H3,(H,28,33,34). The first-order valence-electron chi connectivity index (χ1n) is 11.6. The van der Waals surface area contributed by atoms with Gasteiger partial charge in [-0.15, -0.1) is 0 Å². The normalized spacial score (nSPS) is 10.9. The van der Waals surface area contributed by atoms with E-state index in [1.165, 1.54) is 15.5 Å². The van der Waals surface area contributed by atoms with Crippen molar-refractivity contribution in [1.29, 1.82) is 0 Å². The van der Waals surface area contributed by atoms with E-state index in [0.29, 0.717) is 6.42 Å². The number of nitro groups is 1. The van der Waals surface area contributed by atoms with Gasteiger partial charge in [0, 0.05) is 25.6 Å². The molecule has 36 heavy (non-hydrogen) atoms. The van der Waals surface area contributed by atoms with Crippen LogP contribution in [-0.2, 0) is 11.3 Å². The summed E-state index contributed by atoms with van der Waals surface area (Å²) in [5.41, 5.74) is 5.81. The molecule has 0 saturated carbocycles. The molecule has 11 heteroatoms. The van der Waals surface area contributed by atoms with Gasteiger partial charge in [-0.3, -0.25) is 29.3 Å². The molecule has 4 N–H and O–H groups in total. The Morgan fingerprint density at radius 1 is 1.14 bits per heavy atom. The van der Waals surface area contributed by atoms with Crippen LogP contribution in [0.5, 0.6) is 0 Å². The fourth-order valence-corrected chi connectivity index (χ4v) is 3.73. The first kappa shape index (κ1) is 26.2. The third-order valence-electron chi connectivity index (χ3n) is 5.65. The number of aromatic nitrogens is 2. The first-order chi connectivity index (χ1) is 17.2. The number of para-hydroxylation sites is 2. The zero-order valence-electron chi connectivity index (χ0n) is 20.3. The minimum absolute atomic E-state index is 0.0547. The number of hydrogen-bond acceptors (Lipinski definition) is 7. The largest absolute Gasteiger partial charge is 0.383 e. The van der Waals surface area contributed by atoms with Gasteiger partial charge >= 0.3 is 5.69 Å². The van der Waals surface area contributed by atoms with Crippen molar-refractivity contribution < 1.29 is 9.72 Å². The number of H-pyrrole nitrogens is 1. The molecular formula is C25H30N6O5. The van der Waals surface area contributed by atoms with Crippen LogP contribution in [0.2, 0.25) is 0 Å². The van der Waals surface area contributed by atoms with Gasteiger partial charge in [-0.25, -0.2) is 4.79 Å². The molecule has 1 aromatic heterocycles. The average molecular weight is 495 g/mol. The summed E-state index contributed by atoms with van der Waals surface area (Å²) >= 11 is 0. The SMILES string of the molecule is CC(C)CCN(C(=O)CCNc1ccccc1[N+](=O)[O-])c1c(N)n(Cc2ccccc2)c(=O)[nH]c1=O. The van der Waals surface area contributed by atoms with Gasteiger partial charge in [0.25, 0.3) is 11.2 Å². The average Bonchev–Trinajstić information content (AvgIpc) is 2.84. The van der Waals surface area contributed by atoms with E-state index in [4.69, 9.17) is 5.73 Å². The van der Waals surface area contributed by atoms with Gasteiger partial charge in [0.15, 0.2) is 5.69 Å². The number of nitrogen functional groups attached to an aromatic ring is 1. The van der Waals surface area contributed by atoms with Crippen LogP contribution in [-0.4, -0.2) is 33.5 Å². The minimum Gasteiger partial charge on any atom is -0.383 e. The van der Waals surface area contributed by atoms with Crippen molar-refractivity contribution in [3.8, 4) is 0 Å². The Kier molecular flexibility index (Phi) is 8.61. The maximum Gasteiger partial charge on any atom is 0.330 e. The summed E-state index contributed by atoms with van der Waals surface area (Å²) in [4.78, 5) is 53.0. The van der Waals surface area contributed by atoms with E-state index in [2.05, 4.69) is 10.3 Å². The molecule has 0 atom stereocenters. The zero-order valence-corrected chi connectivity index (χ0v) is 20.3. The van der Waals surface area contributed by atoms with Crippen molar-refractivity contribution in [2.24, 2.45) is 5.92 Å². The Bertz CT molecular complexity index is 1330. The van der Waals surface area contributed by atoms with Crippen LogP contribution >= 0.6 is 0 Å². The number of carbonyl (C=O) groups excluding carboxylic acids is 1. The van der Waals surface area contributed by atoms with Gasteiger partial charge in [-0.05, 0) is 24.0 Å². The van der Waals surface area contributed by atoms with Crippen LogP contribution in [0.15, 0.2) is 64.2 Å². The number of nitrogens with two attached hydrogens (primary N) is 1. The van der Waals surface area contributed by atoms with E-state index < -0.39 is 22.1 Å². The highest BCUT2D eigenvalue weighted by molar-refractivity contribution is 5.95. The summed E-state index contributed by atoms with van der Waals surface area (Å²) in [5, 5.41) is 14.2. The number of carbonyl (C=O) groups is 1. The number of amides is 1. The molecule has 0 radical (unpaired) electrons. The summed E-state index contributed by atoms with van der Waals surface area (Å²) in [6.45, 7) is 4.42. The Hall–Kier alpha value is -4.41. The Balaban J connectivity index is 1.88. The Labute approximate surface area is 207 Å². The van der Waals surface area contributed by atoms with Crippen LogP contribution in [0.1, 0.15) is 32.3 Å². The summed E-state index contributed by atoms with van der Waals surface area (Å²) in [7, 11) is 0. The molecular weight excluding hydrogens is 464 g/mol. The van der Waals surface area contributed by atoms with E-state index in [9.17, 15) is 24.5 Å². The van der Waals surface area contributed by atoms with Crippen molar-refractivity contribution in [3.05, 3.63) is 91.1 Å². The van der Waals surface area contributed by atoms with Crippen LogP contribution in [0.3, 0.4) is 0 Å². The van der Waals surface area contributed by atoms with Gasteiger partial charge < -0.3 is 16.0 Å². The smallest absolute Gasteiger partial charge is 0.330 e. The number of nitrogens with one attached hydrogen (secondary N) is 2. The molecule has 11 nitrogen and oxygen atoms in total. The van der Waals surface area contributed by atoms with E-state index in [0.717, 1.165) is 5.56 Å². The molecule has 0 aliphatic rings. The van der Waals surface area contributed by atoms with Gasteiger partial charge in [0.2, 0.25) is 5.91 Å². The summed E-state index contributed by atoms with van der Waals surface area (Å²) in [5.74, 6) is -0.263. The molecule has 0 aliphatic heterocycles. The maximum atomic E-state index is 13.3. The molecule has 0 aliphatic carbocycles. The fourth-order valence-electron chi connectivity index (χ4n) is 3.73. The molecule has 0 fully saturated rings. The van der Waals surface area contributed by atoms with E-state index in [1.807, 2.05) is 44.2 Å². The highest BCUT2D eigenvalue weighted by atomic mass is 16.6. The lowest BCUT2D eigenvalue weighted by atomic mass is 10.1. The van der Waals surface area contributed by atoms with Crippen molar-refractivity contribution >= 4 is 28.8 Å². The number of anilines is 3. The lowest BCUT2D eigenvalue weighted by Crippen LogP contribution is -2.42. The van der Waals surface area contributed by atoms with Crippen molar-refractivity contribution in [1.82, 2.24) is 9.55 Å².